The standard InChI is InChI=1S/C24H26/c1-3-17-15-22-14-13-21(24(22)16-18(17)4-2)12-11-20-10-9-19-7-5-6-8-23(19)20/h5-10,13-16,20-21H,3-4,11-12H2,1-2H3. The molecule has 2 unspecified atom stereocenters. The zero-order chi connectivity index (χ0) is 16.5. The maximum absolute atomic E-state index is 2.48. The van der Waals surface area contributed by atoms with E-state index < -0.39 is 0 Å². The summed E-state index contributed by atoms with van der Waals surface area (Å²) in [5.41, 5.74) is 8.99. The number of aryl methyl sites for hydroxylation is 2. The molecule has 2 atom stereocenters. The highest BCUT2D eigenvalue weighted by molar-refractivity contribution is 5.65. The Hall–Kier alpha value is -2.08. The zero-order valence-electron chi connectivity index (χ0n) is 14.8. The first-order valence-electron chi connectivity index (χ1n) is 9.41. The lowest BCUT2D eigenvalue weighted by atomic mass is 9.87. The highest BCUT2D eigenvalue weighted by atomic mass is 14.3. The molecule has 0 amide bonds. The van der Waals surface area contributed by atoms with Crippen molar-refractivity contribution in [3.63, 3.8) is 0 Å². The molecule has 0 aromatic heterocycles. The van der Waals surface area contributed by atoms with Crippen molar-refractivity contribution in [3.8, 4) is 0 Å². The first-order chi connectivity index (χ1) is 11.8. The largest absolute Gasteiger partial charge is 0.0764 e. The van der Waals surface area contributed by atoms with E-state index in [0.717, 1.165) is 12.8 Å². The molecule has 0 radical (unpaired) electrons. The monoisotopic (exact) mass is 314 g/mol. The van der Waals surface area contributed by atoms with E-state index in [4.69, 9.17) is 0 Å². The minimum Gasteiger partial charge on any atom is -0.0764 e. The summed E-state index contributed by atoms with van der Waals surface area (Å²) in [6.45, 7) is 4.54. The van der Waals surface area contributed by atoms with Crippen LogP contribution < -0.4 is 0 Å². The van der Waals surface area contributed by atoms with Crippen LogP contribution in [0.2, 0.25) is 0 Å². The average molecular weight is 314 g/mol. The molecule has 0 saturated heterocycles. The van der Waals surface area contributed by atoms with Gasteiger partial charge in [-0.05, 0) is 59.1 Å². The van der Waals surface area contributed by atoms with E-state index in [2.05, 4.69) is 74.5 Å². The van der Waals surface area contributed by atoms with Gasteiger partial charge >= 0.3 is 0 Å². The van der Waals surface area contributed by atoms with Crippen LogP contribution >= 0.6 is 0 Å². The van der Waals surface area contributed by atoms with Gasteiger partial charge in [-0.3, -0.25) is 0 Å². The number of hydrogen-bond acceptors (Lipinski definition) is 0. The summed E-state index contributed by atoms with van der Waals surface area (Å²) < 4.78 is 0. The molecular formula is C24H26. The Labute approximate surface area is 145 Å². The second-order valence-corrected chi connectivity index (χ2v) is 7.09. The fraction of sp³-hybridized carbons (Fsp3) is 0.333. The van der Waals surface area contributed by atoms with Gasteiger partial charge in [-0.25, -0.2) is 0 Å². The van der Waals surface area contributed by atoms with E-state index in [1.54, 1.807) is 5.56 Å². The topological polar surface area (TPSA) is 0 Å². The van der Waals surface area contributed by atoms with E-state index in [1.165, 1.54) is 40.7 Å². The van der Waals surface area contributed by atoms with Gasteiger partial charge in [0.25, 0.3) is 0 Å². The van der Waals surface area contributed by atoms with Gasteiger partial charge < -0.3 is 0 Å². The molecule has 4 rings (SSSR count). The molecular weight excluding hydrogens is 288 g/mol. The van der Waals surface area contributed by atoms with Crippen molar-refractivity contribution < 1.29 is 0 Å². The third kappa shape index (κ3) is 2.65. The third-order valence-electron chi connectivity index (χ3n) is 5.77. The Kier molecular flexibility index (Phi) is 4.14. The van der Waals surface area contributed by atoms with Gasteiger partial charge in [0.2, 0.25) is 0 Å². The van der Waals surface area contributed by atoms with E-state index >= 15 is 0 Å². The second-order valence-electron chi connectivity index (χ2n) is 7.09. The van der Waals surface area contributed by atoms with Crippen LogP contribution in [0, 0.1) is 0 Å². The van der Waals surface area contributed by atoms with E-state index in [0.29, 0.717) is 11.8 Å². The van der Waals surface area contributed by atoms with E-state index in [-0.39, 0.29) is 0 Å². The normalized spacial score (nSPS) is 20.4. The Balaban J connectivity index is 1.51. The number of allylic oxidation sites excluding steroid dienone is 2. The van der Waals surface area contributed by atoms with Gasteiger partial charge in [0.05, 0.1) is 0 Å². The smallest absolute Gasteiger partial charge is 0.00276 e. The molecule has 0 saturated carbocycles. The molecule has 24 heavy (non-hydrogen) atoms. The first-order valence-corrected chi connectivity index (χ1v) is 9.41. The Bertz CT molecular complexity index is 807. The Morgan fingerprint density at radius 2 is 1.33 bits per heavy atom. The summed E-state index contributed by atoms with van der Waals surface area (Å²) in [5.74, 6) is 1.19. The summed E-state index contributed by atoms with van der Waals surface area (Å²) in [7, 11) is 0. The maximum atomic E-state index is 2.48. The van der Waals surface area contributed by atoms with Gasteiger partial charge in [0.15, 0.2) is 0 Å². The van der Waals surface area contributed by atoms with Gasteiger partial charge in [0.1, 0.15) is 0 Å². The molecule has 2 aliphatic rings. The highest BCUT2D eigenvalue weighted by Crippen LogP contribution is 2.40. The zero-order valence-corrected chi connectivity index (χ0v) is 14.8. The molecule has 0 heterocycles. The van der Waals surface area contributed by atoms with E-state index in [9.17, 15) is 0 Å². The predicted molar refractivity (Wildman–Crippen MR) is 104 cm³/mol. The van der Waals surface area contributed by atoms with Crippen LogP contribution in [0.25, 0.3) is 12.2 Å². The van der Waals surface area contributed by atoms with Gasteiger partial charge in [-0.1, -0.05) is 74.5 Å². The minimum absolute atomic E-state index is 0.595. The van der Waals surface area contributed by atoms with E-state index in [1.807, 2.05) is 0 Å². The molecule has 2 aromatic rings. The van der Waals surface area contributed by atoms with Crippen molar-refractivity contribution in [1.82, 2.24) is 0 Å². The van der Waals surface area contributed by atoms with Crippen molar-refractivity contribution in [1.29, 1.82) is 0 Å². The molecule has 2 aromatic carbocycles. The molecule has 122 valence electrons. The summed E-state index contributed by atoms with van der Waals surface area (Å²) in [5, 5.41) is 0. The van der Waals surface area contributed by atoms with Crippen molar-refractivity contribution in [2.24, 2.45) is 0 Å². The molecule has 0 heteroatoms. The summed E-state index contributed by atoms with van der Waals surface area (Å²) in [4.78, 5) is 0. The molecule has 0 nitrogen and oxygen atoms in total. The van der Waals surface area contributed by atoms with Crippen LogP contribution in [0.4, 0.5) is 0 Å². The third-order valence-corrected chi connectivity index (χ3v) is 5.77. The fourth-order valence-corrected chi connectivity index (χ4v) is 4.36. The quantitative estimate of drug-likeness (QED) is 0.590. The number of hydrogen-bond donors (Lipinski definition) is 0. The predicted octanol–water partition coefficient (Wildman–Crippen LogP) is 6.51. The second kappa shape index (κ2) is 6.43. The van der Waals surface area contributed by atoms with Crippen LogP contribution in [-0.4, -0.2) is 0 Å². The van der Waals surface area contributed by atoms with Gasteiger partial charge in [0, 0.05) is 11.8 Å². The molecule has 0 fully saturated rings. The van der Waals surface area contributed by atoms with Gasteiger partial charge in [-0.2, -0.15) is 0 Å². The molecule has 2 aliphatic carbocycles. The first kappa shape index (κ1) is 15.4. The van der Waals surface area contributed by atoms with Crippen molar-refractivity contribution in [2.45, 2.75) is 51.4 Å². The van der Waals surface area contributed by atoms with Gasteiger partial charge in [-0.15, -0.1) is 0 Å². The van der Waals surface area contributed by atoms with Crippen LogP contribution in [0.15, 0.2) is 48.6 Å². The summed E-state index contributed by atoms with van der Waals surface area (Å²) in [6, 6.07) is 13.7. The van der Waals surface area contributed by atoms with Crippen molar-refractivity contribution in [3.05, 3.63) is 81.9 Å². The van der Waals surface area contributed by atoms with Crippen LogP contribution in [0.1, 0.15) is 71.9 Å². The van der Waals surface area contributed by atoms with Crippen LogP contribution in [-0.2, 0) is 12.8 Å². The SMILES string of the molecule is CCc1cc2c(cc1CC)C(CCC1C=Cc3ccccc31)C=C2. The summed E-state index contributed by atoms with van der Waals surface area (Å²) in [6.07, 6.45) is 14.2. The lowest BCUT2D eigenvalue weighted by Gasteiger charge is -2.17. The van der Waals surface area contributed by atoms with Crippen LogP contribution in [0.3, 0.4) is 0 Å². The molecule has 0 aliphatic heterocycles. The average Bonchev–Trinajstić information content (AvgIpc) is 3.22. The van der Waals surface area contributed by atoms with Crippen molar-refractivity contribution in [2.75, 3.05) is 0 Å². The fourth-order valence-electron chi connectivity index (χ4n) is 4.36. The number of fused-ring (bicyclic) bond motifs is 2. The molecule has 0 N–H and O–H groups in total. The number of rotatable bonds is 5. The van der Waals surface area contributed by atoms with Crippen LogP contribution in [0.5, 0.6) is 0 Å². The molecule has 0 bridgehead atoms. The minimum atomic E-state index is 0.595. The lowest BCUT2D eigenvalue weighted by Crippen LogP contribution is -2.01. The number of benzene rings is 2. The Morgan fingerprint density at radius 3 is 2.08 bits per heavy atom. The molecule has 0 spiro atoms. The lowest BCUT2D eigenvalue weighted by molar-refractivity contribution is 0.641. The Morgan fingerprint density at radius 1 is 0.708 bits per heavy atom. The van der Waals surface area contributed by atoms with Crippen molar-refractivity contribution >= 4 is 12.2 Å². The maximum Gasteiger partial charge on any atom is 0.00276 e. The highest BCUT2D eigenvalue weighted by Gasteiger charge is 2.22. The summed E-state index contributed by atoms with van der Waals surface area (Å²) >= 11 is 0.